The van der Waals surface area contributed by atoms with Crippen LogP contribution >= 0.6 is 11.8 Å². The molecule has 3 rings (SSSR count). The van der Waals surface area contributed by atoms with Crippen molar-refractivity contribution in [3.8, 4) is 0 Å². The maximum atomic E-state index is 12.5. The van der Waals surface area contributed by atoms with Crippen molar-refractivity contribution in [2.75, 3.05) is 0 Å². The molecule has 24 heavy (non-hydrogen) atoms. The fourth-order valence-electron chi connectivity index (χ4n) is 3.03. The van der Waals surface area contributed by atoms with E-state index < -0.39 is 0 Å². The number of carbonyl (C=O) groups is 1. The summed E-state index contributed by atoms with van der Waals surface area (Å²) in [5.41, 5.74) is 4.09. The molecule has 1 heterocycles. The van der Waals surface area contributed by atoms with Crippen LogP contribution in [0.2, 0.25) is 0 Å². The van der Waals surface area contributed by atoms with Gasteiger partial charge in [-0.3, -0.25) is 4.79 Å². The highest BCUT2D eigenvalue weighted by atomic mass is 32.2. The number of rotatable bonds is 5. The van der Waals surface area contributed by atoms with E-state index in [1.54, 1.807) is 6.33 Å². The molecular formula is C18H24N4OS. The molecule has 1 aromatic heterocycles. The number of aromatic nitrogens is 3. The standard InChI is InChI=1S/C18H24N4OS/c1-12(15-9-8-14-6-4-5-7-16(14)10-15)20-17(23)13(2)24-18-21-19-11-22(18)3/h8-13H,4-7H2,1-3H3,(H,20,23). The van der Waals surface area contributed by atoms with Crippen molar-refractivity contribution in [2.45, 2.75) is 56.0 Å². The van der Waals surface area contributed by atoms with Crippen LogP contribution in [0.25, 0.3) is 0 Å². The number of fused-ring (bicyclic) bond motifs is 1. The third kappa shape index (κ3) is 3.80. The Labute approximate surface area is 147 Å². The molecule has 2 aromatic rings. The van der Waals surface area contributed by atoms with Gasteiger partial charge < -0.3 is 9.88 Å². The van der Waals surface area contributed by atoms with Gasteiger partial charge in [0, 0.05) is 7.05 Å². The maximum absolute atomic E-state index is 12.5. The second-order valence-electron chi connectivity index (χ2n) is 6.45. The summed E-state index contributed by atoms with van der Waals surface area (Å²) in [7, 11) is 1.88. The second-order valence-corrected chi connectivity index (χ2v) is 7.76. The molecule has 0 saturated heterocycles. The Morgan fingerprint density at radius 2 is 2.00 bits per heavy atom. The molecule has 0 spiro atoms. The highest BCUT2D eigenvalue weighted by Crippen LogP contribution is 2.25. The van der Waals surface area contributed by atoms with Crippen LogP contribution < -0.4 is 5.32 Å². The smallest absolute Gasteiger partial charge is 0.233 e. The summed E-state index contributed by atoms with van der Waals surface area (Å²) < 4.78 is 1.82. The van der Waals surface area contributed by atoms with Crippen molar-refractivity contribution in [1.82, 2.24) is 20.1 Å². The molecule has 1 aliphatic carbocycles. The van der Waals surface area contributed by atoms with Gasteiger partial charge in [-0.1, -0.05) is 30.0 Å². The first-order chi connectivity index (χ1) is 11.5. The number of thioether (sulfide) groups is 1. The van der Waals surface area contributed by atoms with Crippen LogP contribution in [0.15, 0.2) is 29.7 Å². The molecule has 6 heteroatoms. The Morgan fingerprint density at radius 1 is 1.25 bits per heavy atom. The molecule has 0 bridgehead atoms. The van der Waals surface area contributed by atoms with Crippen molar-refractivity contribution >= 4 is 17.7 Å². The molecule has 1 N–H and O–H groups in total. The second kappa shape index (κ2) is 7.38. The Hall–Kier alpha value is -1.82. The number of amides is 1. The predicted octanol–water partition coefficient (Wildman–Crippen LogP) is 3.05. The van der Waals surface area contributed by atoms with E-state index in [0.29, 0.717) is 0 Å². The highest BCUT2D eigenvalue weighted by Gasteiger charge is 2.20. The van der Waals surface area contributed by atoms with Crippen LogP contribution in [-0.4, -0.2) is 25.9 Å². The first-order valence-electron chi connectivity index (χ1n) is 8.47. The quantitative estimate of drug-likeness (QED) is 0.847. The largest absolute Gasteiger partial charge is 0.349 e. The number of nitrogens with zero attached hydrogens (tertiary/aromatic N) is 3. The van der Waals surface area contributed by atoms with Gasteiger partial charge in [0.15, 0.2) is 5.16 Å². The third-order valence-corrected chi connectivity index (χ3v) is 5.70. The Morgan fingerprint density at radius 3 is 2.71 bits per heavy atom. The number of hydrogen-bond donors (Lipinski definition) is 1. The predicted molar refractivity (Wildman–Crippen MR) is 96.0 cm³/mol. The lowest BCUT2D eigenvalue weighted by molar-refractivity contribution is -0.120. The topological polar surface area (TPSA) is 59.8 Å². The maximum Gasteiger partial charge on any atom is 0.233 e. The van der Waals surface area contributed by atoms with E-state index in [4.69, 9.17) is 0 Å². The average molecular weight is 344 g/mol. The van der Waals surface area contributed by atoms with E-state index >= 15 is 0 Å². The minimum absolute atomic E-state index is 0.00673. The van der Waals surface area contributed by atoms with E-state index in [1.165, 1.54) is 47.7 Å². The molecular weight excluding hydrogens is 320 g/mol. The molecule has 0 radical (unpaired) electrons. The molecule has 1 aromatic carbocycles. The van der Waals surface area contributed by atoms with E-state index in [9.17, 15) is 4.79 Å². The van der Waals surface area contributed by atoms with Gasteiger partial charge in [0.05, 0.1) is 11.3 Å². The first kappa shape index (κ1) is 17.0. The highest BCUT2D eigenvalue weighted by molar-refractivity contribution is 8.00. The van der Waals surface area contributed by atoms with Crippen LogP contribution in [-0.2, 0) is 24.7 Å². The van der Waals surface area contributed by atoms with E-state index in [-0.39, 0.29) is 17.2 Å². The Kier molecular flexibility index (Phi) is 5.23. The molecule has 0 aliphatic heterocycles. The molecule has 2 atom stereocenters. The fraction of sp³-hybridized carbons (Fsp3) is 0.500. The van der Waals surface area contributed by atoms with Gasteiger partial charge in [-0.2, -0.15) is 0 Å². The number of nitrogens with one attached hydrogen (secondary N) is 1. The van der Waals surface area contributed by atoms with Crippen LogP contribution in [0.3, 0.4) is 0 Å². The number of benzene rings is 1. The monoisotopic (exact) mass is 344 g/mol. The van der Waals surface area contributed by atoms with E-state index in [0.717, 1.165) is 11.6 Å². The molecule has 2 unspecified atom stereocenters. The molecule has 1 aliphatic rings. The first-order valence-corrected chi connectivity index (χ1v) is 9.35. The zero-order valence-corrected chi connectivity index (χ0v) is 15.3. The molecule has 0 fully saturated rings. The van der Waals surface area contributed by atoms with Crippen LogP contribution in [0, 0.1) is 0 Å². The van der Waals surface area contributed by atoms with E-state index in [1.807, 2.05) is 25.5 Å². The summed E-state index contributed by atoms with van der Waals surface area (Å²) in [4.78, 5) is 12.5. The molecule has 0 saturated carbocycles. The summed E-state index contributed by atoms with van der Waals surface area (Å²) in [6.07, 6.45) is 6.53. The zero-order valence-electron chi connectivity index (χ0n) is 14.5. The summed E-state index contributed by atoms with van der Waals surface area (Å²) in [5, 5.41) is 11.5. The normalized spacial score (nSPS) is 16.3. The molecule has 1 amide bonds. The molecule has 128 valence electrons. The lowest BCUT2D eigenvalue weighted by Gasteiger charge is -2.21. The van der Waals surface area contributed by atoms with Gasteiger partial charge in [-0.15, -0.1) is 10.2 Å². The number of hydrogen-bond acceptors (Lipinski definition) is 4. The van der Waals surface area contributed by atoms with Gasteiger partial charge in [0.1, 0.15) is 6.33 Å². The number of carbonyl (C=O) groups excluding carboxylic acids is 1. The van der Waals surface area contributed by atoms with Crippen LogP contribution in [0.5, 0.6) is 0 Å². The summed E-state index contributed by atoms with van der Waals surface area (Å²) >= 11 is 1.42. The van der Waals surface area contributed by atoms with Crippen LogP contribution in [0.1, 0.15) is 49.4 Å². The van der Waals surface area contributed by atoms with Gasteiger partial charge in [0.2, 0.25) is 5.91 Å². The van der Waals surface area contributed by atoms with Crippen molar-refractivity contribution in [1.29, 1.82) is 0 Å². The van der Waals surface area contributed by atoms with Crippen molar-refractivity contribution in [3.05, 3.63) is 41.2 Å². The van der Waals surface area contributed by atoms with Gasteiger partial charge >= 0.3 is 0 Å². The Bertz CT molecular complexity index is 728. The fourth-order valence-corrected chi connectivity index (χ4v) is 3.83. The minimum atomic E-state index is -0.215. The van der Waals surface area contributed by atoms with Gasteiger partial charge in [-0.05, 0) is 56.2 Å². The summed E-state index contributed by atoms with van der Waals surface area (Å²) in [6.45, 7) is 3.94. The average Bonchev–Trinajstić information content (AvgIpc) is 2.99. The van der Waals surface area contributed by atoms with E-state index in [2.05, 4.69) is 33.7 Å². The Balaban J connectivity index is 1.62. The summed E-state index contributed by atoms with van der Waals surface area (Å²) in [5.74, 6) is 0.0215. The SMILES string of the molecule is CC(Sc1nncn1C)C(=O)NC(C)c1ccc2c(c1)CCCC2. The van der Waals surface area contributed by atoms with Crippen LogP contribution in [0.4, 0.5) is 0 Å². The van der Waals surface area contributed by atoms with Crippen molar-refractivity contribution in [3.63, 3.8) is 0 Å². The van der Waals surface area contributed by atoms with Gasteiger partial charge in [-0.25, -0.2) is 0 Å². The zero-order chi connectivity index (χ0) is 17.1. The lowest BCUT2D eigenvalue weighted by atomic mass is 9.89. The third-order valence-electron chi connectivity index (χ3n) is 4.55. The van der Waals surface area contributed by atoms with Gasteiger partial charge in [0.25, 0.3) is 0 Å². The number of aryl methyl sites for hydroxylation is 3. The van der Waals surface area contributed by atoms with Crippen molar-refractivity contribution < 1.29 is 4.79 Å². The van der Waals surface area contributed by atoms with Crippen molar-refractivity contribution in [2.24, 2.45) is 7.05 Å². The minimum Gasteiger partial charge on any atom is -0.349 e. The molecule has 5 nitrogen and oxygen atoms in total. The summed E-state index contributed by atoms with van der Waals surface area (Å²) in [6, 6.07) is 6.65. The lowest BCUT2D eigenvalue weighted by Crippen LogP contribution is -2.33.